The van der Waals surface area contributed by atoms with Gasteiger partial charge in [-0.1, -0.05) is 42.5 Å². The van der Waals surface area contributed by atoms with Crippen molar-refractivity contribution in [1.29, 1.82) is 0 Å². The molecule has 1 N–H and O–H groups in total. The Morgan fingerprint density at radius 1 is 1.30 bits per heavy atom. The number of hydrogen-bond acceptors (Lipinski definition) is 4. The van der Waals surface area contributed by atoms with E-state index in [0.29, 0.717) is 18.3 Å². The molecule has 1 fully saturated rings. The van der Waals surface area contributed by atoms with Crippen molar-refractivity contribution in [3.05, 3.63) is 47.3 Å². The van der Waals surface area contributed by atoms with Gasteiger partial charge < -0.3 is 10.2 Å². The van der Waals surface area contributed by atoms with E-state index in [0.717, 1.165) is 43.6 Å². The molecule has 1 aromatic carbocycles. The van der Waals surface area contributed by atoms with Crippen LogP contribution in [0, 0.1) is 6.92 Å². The highest BCUT2D eigenvalue weighted by molar-refractivity contribution is 5.93. The number of carbonyl (C=O) groups excluding carboxylic acids is 1. The molecule has 1 aliphatic rings. The van der Waals surface area contributed by atoms with E-state index in [1.807, 2.05) is 34.7 Å². The van der Waals surface area contributed by atoms with Crippen LogP contribution in [0.25, 0.3) is 0 Å². The minimum Gasteiger partial charge on any atom is -0.330 e. The molecule has 2 aromatic rings. The van der Waals surface area contributed by atoms with Gasteiger partial charge in [0.15, 0.2) is 5.69 Å². The van der Waals surface area contributed by atoms with E-state index in [1.165, 1.54) is 0 Å². The fraction of sp³-hybridized carbons (Fsp3) is 0.550. The summed E-state index contributed by atoms with van der Waals surface area (Å²) in [5.41, 5.74) is 2.49. The van der Waals surface area contributed by atoms with Crippen LogP contribution >= 0.6 is 12.4 Å². The third-order valence-electron chi connectivity index (χ3n) is 5.36. The first kappa shape index (κ1) is 21.4. The molecule has 2 heterocycles. The molecule has 0 saturated carbocycles. The van der Waals surface area contributed by atoms with Crippen molar-refractivity contribution >= 4 is 18.3 Å². The molecule has 1 atom stereocenters. The van der Waals surface area contributed by atoms with Crippen LogP contribution in [-0.4, -0.2) is 44.9 Å². The van der Waals surface area contributed by atoms with E-state index >= 15 is 0 Å². The summed E-state index contributed by atoms with van der Waals surface area (Å²) in [6.07, 6.45) is 2.95. The predicted octanol–water partition coefficient (Wildman–Crippen LogP) is 3.37. The molecule has 148 valence electrons. The van der Waals surface area contributed by atoms with E-state index in [9.17, 15) is 4.79 Å². The lowest BCUT2D eigenvalue weighted by Crippen LogP contribution is -2.38. The number of benzene rings is 1. The van der Waals surface area contributed by atoms with Gasteiger partial charge in [-0.3, -0.25) is 4.79 Å². The number of nitrogens with zero attached hydrogens (tertiary/aromatic N) is 4. The second-order valence-corrected chi connectivity index (χ2v) is 7.13. The van der Waals surface area contributed by atoms with Gasteiger partial charge in [0.2, 0.25) is 0 Å². The summed E-state index contributed by atoms with van der Waals surface area (Å²) in [6.45, 7) is 8.73. The highest BCUT2D eigenvalue weighted by Crippen LogP contribution is 2.22. The Bertz CT molecular complexity index is 727. The van der Waals surface area contributed by atoms with E-state index in [1.54, 1.807) is 0 Å². The molecule has 0 radical (unpaired) electrons. The van der Waals surface area contributed by atoms with Gasteiger partial charge in [0, 0.05) is 12.6 Å². The molecule has 1 aromatic heterocycles. The van der Waals surface area contributed by atoms with Gasteiger partial charge in [-0.2, -0.15) is 0 Å². The number of aromatic nitrogens is 3. The smallest absolute Gasteiger partial charge is 0.276 e. The van der Waals surface area contributed by atoms with Crippen LogP contribution in [0.4, 0.5) is 0 Å². The zero-order valence-corrected chi connectivity index (χ0v) is 17.2. The van der Waals surface area contributed by atoms with Gasteiger partial charge in [0.05, 0.1) is 11.7 Å². The van der Waals surface area contributed by atoms with Crippen molar-refractivity contribution in [2.75, 3.05) is 13.1 Å². The zero-order chi connectivity index (χ0) is 18.5. The molecule has 27 heavy (non-hydrogen) atoms. The van der Waals surface area contributed by atoms with Gasteiger partial charge in [0.1, 0.15) is 0 Å². The fourth-order valence-corrected chi connectivity index (χ4v) is 3.50. The van der Waals surface area contributed by atoms with Gasteiger partial charge in [-0.25, -0.2) is 4.68 Å². The molecule has 1 aliphatic heterocycles. The minimum atomic E-state index is -0.0270. The summed E-state index contributed by atoms with van der Waals surface area (Å²) in [7, 11) is 0. The SMILES string of the molecule is CCC(C)N(Cc1ccccc1)C(=O)c1nnn(C2CCNCC2)c1C.Cl. The first-order chi connectivity index (χ1) is 12.6. The van der Waals surface area contributed by atoms with Crippen molar-refractivity contribution in [1.82, 2.24) is 25.2 Å². The van der Waals surface area contributed by atoms with Gasteiger partial charge >= 0.3 is 0 Å². The summed E-state index contributed by atoms with van der Waals surface area (Å²) in [5, 5.41) is 12.0. The maximum absolute atomic E-state index is 13.3. The molecule has 1 saturated heterocycles. The summed E-state index contributed by atoms with van der Waals surface area (Å²) >= 11 is 0. The van der Waals surface area contributed by atoms with Crippen molar-refractivity contribution in [3.8, 4) is 0 Å². The Morgan fingerprint density at radius 3 is 2.59 bits per heavy atom. The maximum Gasteiger partial charge on any atom is 0.276 e. The summed E-state index contributed by atoms with van der Waals surface area (Å²) < 4.78 is 1.95. The van der Waals surface area contributed by atoms with E-state index in [4.69, 9.17) is 0 Å². The number of nitrogens with one attached hydrogen (secondary N) is 1. The first-order valence-electron chi connectivity index (χ1n) is 9.59. The Labute approximate surface area is 167 Å². The molecule has 7 heteroatoms. The van der Waals surface area contributed by atoms with Crippen LogP contribution < -0.4 is 5.32 Å². The first-order valence-corrected chi connectivity index (χ1v) is 9.59. The molecule has 0 bridgehead atoms. The van der Waals surface area contributed by atoms with Crippen LogP contribution in [0.2, 0.25) is 0 Å². The van der Waals surface area contributed by atoms with Gasteiger partial charge in [-0.15, -0.1) is 17.5 Å². The van der Waals surface area contributed by atoms with Crippen LogP contribution in [0.15, 0.2) is 30.3 Å². The average molecular weight is 392 g/mol. The van der Waals surface area contributed by atoms with Crippen LogP contribution in [0.3, 0.4) is 0 Å². The van der Waals surface area contributed by atoms with Crippen LogP contribution in [0.1, 0.15) is 60.9 Å². The third kappa shape index (κ3) is 4.87. The topological polar surface area (TPSA) is 63.1 Å². The lowest BCUT2D eigenvalue weighted by atomic mass is 10.1. The predicted molar refractivity (Wildman–Crippen MR) is 109 cm³/mol. The van der Waals surface area contributed by atoms with Crippen molar-refractivity contribution in [2.24, 2.45) is 0 Å². The number of carbonyl (C=O) groups is 1. The van der Waals surface area contributed by atoms with Crippen molar-refractivity contribution in [3.63, 3.8) is 0 Å². The standard InChI is InChI=1S/C20H29N5O.ClH/c1-4-15(2)24(14-17-8-6-5-7-9-17)20(26)19-16(3)25(23-22-19)18-10-12-21-13-11-18;/h5-9,15,18,21H,4,10-14H2,1-3H3;1H. The third-order valence-corrected chi connectivity index (χ3v) is 5.36. The summed E-state index contributed by atoms with van der Waals surface area (Å²) in [4.78, 5) is 15.2. The summed E-state index contributed by atoms with van der Waals surface area (Å²) in [5.74, 6) is -0.0270. The molecular formula is C20H30ClN5O. The lowest BCUT2D eigenvalue weighted by Gasteiger charge is -2.28. The fourth-order valence-electron chi connectivity index (χ4n) is 3.50. The number of piperidine rings is 1. The maximum atomic E-state index is 13.3. The Balaban J connectivity index is 0.00000261. The Kier molecular flexibility index (Phi) is 7.80. The molecule has 6 nitrogen and oxygen atoms in total. The molecule has 1 amide bonds. The van der Waals surface area contributed by atoms with Crippen molar-refractivity contribution < 1.29 is 4.79 Å². The van der Waals surface area contributed by atoms with Crippen LogP contribution in [-0.2, 0) is 6.54 Å². The molecule has 1 unspecified atom stereocenters. The normalized spacial score (nSPS) is 15.8. The van der Waals surface area contributed by atoms with E-state index < -0.39 is 0 Å². The second kappa shape index (κ2) is 9.85. The number of amides is 1. The molecule has 0 aliphatic carbocycles. The van der Waals surface area contributed by atoms with Gasteiger partial charge in [0.25, 0.3) is 5.91 Å². The monoisotopic (exact) mass is 391 g/mol. The molecule has 3 rings (SSSR count). The van der Waals surface area contributed by atoms with E-state index in [2.05, 4.69) is 41.6 Å². The van der Waals surface area contributed by atoms with E-state index in [-0.39, 0.29) is 24.4 Å². The van der Waals surface area contributed by atoms with Crippen LogP contribution in [0.5, 0.6) is 0 Å². The largest absolute Gasteiger partial charge is 0.330 e. The Morgan fingerprint density at radius 2 is 1.96 bits per heavy atom. The van der Waals surface area contributed by atoms with Gasteiger partial charge in [-0.05, 0) is 51.8 Å². The number of halogens is 1. The highest BCUT2D eigenvalue weighted by atomic mass is 35.5. The minimum absolute atomic E-state index is 0. The highest BCUT2D eigenvalue weighted by Gasteiger charge is 2.28. The molecular weight excluding hydrogens is 362 g/mol. The zero-order valence-electron chi connectivity index (χ0n) is 16.4. The average Bonchev–Trinajstić information content (AvgIpc) is 3.08. The summed E-state index contributed by atoms with van der Waals surface area (Å²) in [6, 6.07) is 10.6. The lowest BCUT2D eigenvalue weighted by molar-refractivity contribution is 0.0664. The number of hydrogen-bond donors (Lipinski definition) is 1. The number of rotatable bonds is 6. The molecule has 0 spiro atoms. The second-order valence-electron chi connectivity index (χ2n) is 7.13. The van der Waals surface area contributed by atoms with Crippen molar-refractivity contribution in [2.45, 2.75) is 58.7 Å². The quantitative estimate of drug-likeness (QED) is 0.819. The Hall–Kier alpha value is -1.92.